The lowest BCUT2D eigenvalue weighted by atomic mass is 9.94. The van der Waals surface area contributed by atoms with Crippen LogP contribution in [0.3, 0.4) is 0 Å². The molecule has 0 bridgehead atoms. The molecule has 1 saturated carbocycles. The monoisotopic (exact) mass is 286 g/mol. The summed E-state index contributed by atoms with van der Waals surface area (Å²) in [5.74, 6) is 0.389. The molecular weight excluding hydrogens is 268 g/mol. The number of aromatic nitrogens is 2. The molecule has 0 unspecified atom stereocenters. The molecule has 6 nitrogen and oxygen atoms in total. The SMILES string of the molecule is NC1CCC(OCCNc2nc[nH]c(=O)c2Cl)CC1. The highest BCUT2D eigenvalue weighted by molar-refractivity contribution is 6.32. The molecule has 4 N–H and O–H groups in total. The van der Waals surface area contributed by atoms with Gasteiger partial charge in [0.1, 0.15) is 5.02 Å². The van der Waals surface area contributed by atoms with Gasteiger partial charge in [0, 0.05) is 12.6 Å². The third kappa shape index (κ3) is 4.19. The maximum absolute atomic E-state index is 11.2. The molecule has 0 amide bonds. The Hall–Kier alpha value is -1.11. The lowest BCUT2D eigenvalue weighted by Crippen LogP contribution is -2.31. The molecule has 19 heavy (non-hydrogen) atoms. The number of H-pyrrole nitrogens is 1. The molecule has 0 aromatic carbocycles. The van der Waals surface area contributed by atoms with E-state index in [0.29, 0.717) is 31.1 Å². The average Bonchev–Trinajstić information content (AvgIpc) is 2.41. The Morgan fingerprint density at radius 2 is 2.21 bits per heavy atom. The van der Waals surface area contributed by atoms with E-state index in [1.54, 1.807) is 0 Å². The Kier molecular flexibility index (Phi) is 5.18. The fourth-order valence-corrected chi connectivity index (χ4v) is 2.33. The maximum Gasteiger partial charge on any atom is 0.271 e. The summed E-state index contributed by atoms with van der Waals surface area (Å²) in [7, 11) is 0. The van der Waals surface area contributed by atoms with Crippen LogP contribution in [-0.4, -0.2) is 35.3 Å². The van der Waals surface area contributed by atoms with Crippen LogP contribution in [0.1, 0.15) is 25.7 Å². The summed E-state index contributed by atoms with van der Waals surface area (Å²) < 4.78 is 5.75. The third-order valence-electron chi connectivity index (χ3n) is 3.26. The zero-order valence-electron chi connectivity index (χ0n) is 10.7. The second kappa shape index (κ2) is 6.88. The topological polar surface area (TPSA) is 93.0 Å². The van der Waals surface area contributed by atoms with E-state index in [4.69, 9.17) is 22.1 Å². The minimum absolute atomic E-state index is 0.0751. The van der Waals surface area contributed by atoms with E-state index in [1.165, 1.54) is 6.33 Å². The Morgan fingerprint density at radius 3 is 2.95 bits per heavy atom. The fourth-order valence-electron chi connectivity index (χ4n) is 2.16. The highest BCUT2D eigenvalue weighted by Crippen LogP contribution is 2.19. The van der Waals surface area contributed by atoms with Gasteiger partial charge in [-0.2, -0.15) is 0 Å². The Labute approximate surface area is 116 Å². The van der Waals surface area contributed by atoms with Crippen LogP contribution >= 0.6 is 11.6 Å². The Balaban J connectivity index is 1.69. The predicted molar refractivity (Wildman–Crippen MR) is 74.5 cm³/mol. The van der Waals surface area contributed by atoms with Crippen LogP contribution in [0.2, 0.25) is 5.02 Å². The van der Waals surface area contributed by atoms with E-state index < -0.39 is 0 Å². The van der Waals surface area contributed by atoms with Crippen molar-refractivity contribution in [3.05, 3.63) is 21.7 Å². The zero-order valence-corrected chi connectivity index (χ0v) is 11.4. The smallest absolute Gasteiger partial charge is 0.271 e. The van der Waals surface area contributed by atoms with Crippen LogP contribution in [-0.2, 0) is 4.74 Å². The normalized spacial score (nSPS) is 23.3. The molecule has 7 heteroatoms. The van der Waals surface area contributed by atoms with E-state index >= 15 is 0 Å². The highest BCUT2D eigenvalue weighted by Gasteiger charge is 2.18. The molecule has 1 aliphatic carbocycles. The number of nitrogens with two attached hydrogens (primary N) is 1. The van der Waals surface area contributed by atoms with Crippen molar-refractivity contribution >= 4 is 17.4 Å². The number of rotatable bonds is 5. The quantitative estimate of drug-likeness (QED) is 0.706. The van der Waals surface area contributed by atoms with Crippen molar-refractivity contribution in [2.75, 3.05) is 18.5 Å². The summed E-state index contributed by atoms with van der Waals surface area (Å²) >= 11 is 5.81. The first-order valence-corrected chi connectivity index (χ1v) is 6.89. The molecule has 0 aliphatic heterocycles. The molecule has 1 aromatic rings. The molecule has 1 aromatic heterocycles. The number of halogens is 1. The van der Waals surface area contributed by atoms with Crippen molar-refractivity contribution < 1.29 is 4.74 Å². The van der Waals surface area contributed by atoms with Crippen LogP contribution in [0.15, 0.2) is 11.1 Å². The maximum atomic E-state index is 11.2. The van der Waals surface area contributed by atoms with Crippen molar-refractivity contribution in [3.8, 4) is 0 Å². The second-order valence-electron chi connectivity index (χ2n) is 4.73. The molecule has 1 aliphatic rings. The first kappa shape index (κ1) is 14.3. The molecule has 106 valence electrons. The van der Waals surface area contributed by atoms with Gasteiger partial charge >= 0.3 is 0 Å². The summed E-state index contributed by atoms with van der Waals surface area (Å²) in [5, 5.41) is 3.06. The number of aromatic amines is 1. The van der Waals surface area contributed by atoms with Gasteiger partial charge < -0.3 is 20.8 Å². The van der Waals surface area contributed by atoms with Crippen LogP contribution in [0.4, 0.5) is 5.82 Å². The highest BCUT2D eigenvalue weighted by atomic mass is 35.5. The minimum Gasteiger partial charge on any atom is -0.376 e. The Morgan fingerprint density at radius 1 is 1.47 bits per heavy atom. The van der Waals surface area contributed by atoms with Gasteiger partial charge in [-0.1, -0.05) is 11.6 Å². The van der Waals surface area contributed by atoms with E-state index in [0.717, 1.165) is 25.7 Å². The average molecular weight is 287 g/mol. The van der Waals surface area contributed by atoms with Gasteiger partial charge in [0.25, 0.3) is 5.56 Å². The van der Waals surface area contributed by atoms with Crippen molar-refractivity contribution in [1.82, 2.24) is 9.97 Å². The summed E-state index contributed by atoms with van der Waals surface area (Å²) in [6, 6.07) is 0.331. The van der Waals surface area contributed by atoms with Gasteiger partial charge in [0.2, 0.25) is 0 Å². The summed E-state index contributed by atoms with van der Waals surface area (Å²) in [6.07, 6.45) is 5.71. The van der Waals surface area contributed by atoms with E-state index in [-0.39, 0.29) is 10.6 Å². The van der Waals surface area contributed by atoms with Gasteiger partial charge in [0.15, 0.2) is 5.82 Å². The van der Waals surface area contributed by atoms with Crippen molar-refractivity contribution in [3.63, 3.8) is 0 Å². The second-order valence-corrected chi connectivity index (χ2v) is 5.11. The fraction of sp³-hybridized carbons (Fsp3) is 0.667. The van der Waals surface area contributed by atoms with Crippen molar-refractivity contribution in [2.24, 2.45) is 5.73 Å². The number of hydrogen-bond donors (Lipinski definition) is 3. The molecule has 1 heterocycles. The number of nitrogens with zero attached hydrogens (tertiary/aromatic N) is 1. The number of nitrogens with one attached hydrogen (secondary N) is 2. The number of hydrogen-bond acceptors (Lipinski definition) is 5. The largest absolute Gasteiger partial charge is 0.376 e. The zero-order chi connectivity index (χ0) is 13.7. The lowest BCUT2D eigenvalue weighted by molar-refractivity contribution is 0.0313. The molecule has 1 fully saturated rings. The molecule has 2 rings (SSSR count). The molecule has 0 spiro atoms. The lowest BCUT2D eigenvalue weighted by Gasteiger charge is -2.26. The molecule has 0 saturated heterocycles. The van der Waals surface area contributed by atoms with E-state index in [2.05, 4.69) is 15.3 Å². The first-order valence-electron chi connectivity index (χ1n) is 6.51. The summed E-state index contributed by atoms with van der Waals surface area (Å²) in [6.45, 7) is 1.13. The summed E-state index contributed by atoms with van der Waals surface area (Å²) in [5.41, 5.74) is 5.49. The van der Waals surface area contributed by atoms with Crippen LogP contribution in [0.25, 0.3) is 0 Å². The van der Waals surface area contributed by atoms with Gasteiger partial charge in [-0.15, -0.1) is 0 Å². The van der Waals surface area contributed by atoms with E-state index in [9.17, 15) is 4.79 Å². The van der Waals surface area contributed by atoms with Gasteiger partial charge in [0.05, 0.1) is 19.0 Å². The molecular formula is C12H19ClN4O2. The first-order chi connectivity index (χ1) is 9.16. The third-order valence-corrected chi connectivity index (χ3v) is 3.61. The van der Waals surface area contributed by atoms with Crippen LogP contribution in [0, 0.1) is 0 Å². The Bertz CT molecular complexity index is 457. The standard InChI is InChI=1S/C12H19ClN4O2/c13-10-11(16-7-17-12(10)18)15-5-6-19-9-3-1-8(14)2-4-9/h7-9H,1-6,14H2,(H2,15,16,17,18). The van der Waals surface area contributed by atoms with E-state index in [1.807, 2.05) is 0 Å². The number of anilines is 1. The predicted octanol–water partition coefficient (Wildman–Crippen LogP) is 1.12. The molecule has 0 atom stereocenters. The molecule has 0 radical (unpaired) electrons. The van der Waals surface area contributed by atoms with Crippen LogP contribution < -0.4 is 16.6 Å². The van der Waals surface area contributed by atoms with Gasteiger partial charge in [-0.3, -0.25) is 4.79 Å². The van der Waals surface area contributed by atoms with Gasteiger partial charge in [-0.05, 0) is 25.7 Å². The summed E-state index contributed by atoms with van der Waals surface area (Å²) in [4.78, 5) is 17.6. The minimum atomic E-state index is -0.346. The van der Waals surface area contributed by atoms with Crippen molar-refractivity contribution in [2.45, 2.75) is 37.8 Å². The van der Waals surface area contributed by atoms with Gasteiger partial charge in [-0.25, -0.2) is 4.98 Å². The number of ether oxygens (including phenoxy) is 1. The van der Waals surface area contributed by atoms with Crippen LogP contribution in [0.5, 0.6) is 0 Å². The van der Waals surface area contributed by atoms with Crippen molar-refractivity contribution in [1.29, 1.82) is 0 Å².